The van der Waals surface area contributed by atoms with Gasteiger partial charge in [0.05, 0.1) is 12.5 Å². The Bertz CT molecular complexity index is 564. The lowest BCUT2D eigenvalue weighted by Gasteiger charge is -2.23. The van der Waals surface area contributed by atoms with Crippen molar-refractivity contribution in [2.24, 2.45) is 0 Å². The molecule has 0 fully saturated rings. The van der Waals surface area contributed by atoms with Gasteiger partial charge in [0.1, 0.15) is 11.4 Å². The summed E-state index contributed by atoms with van der Waals surface area (Å²) < 4.78 is 19.4. The van der Waals surface area contributed by atoms with Crippen LogP contribution in [0.3, 0.4) is 0 Å². The minimum absolute atomic E-state index is 0.196. The van der Waals surface area contributed by atoms with Gasteiger partial charge in [-0.3, -0.25) is 4.79 Å². The molecule has 1 aromatic carbocycles. The Hall–Kier alpha value is -2.37. The Labute approximate surface area is 135 Å². The predicted molar refractivity (Wildman–Crippen MR) is 84.7 cm³/mol. The van der Waals surface area contributed by atoms with Crippen molar-refractivity contribution < 1.29 is 23.8 Å². The molecule has 5 nitrogen and oxygen atoms in total. The lowest BCUT2D eigenvalue weighted by Crippen LogP contribution is -2.40. The maximum absolute atomic E-state index is 14.2. The highest BCUT2D eigenvalue weighted by Gasteiger charge is 2.22. The number of ether oxygens (including phenoxy) is 1. The first-order valence-corrected chi connectivity index (χ1v) is 7.28. The number of hydrogen-bond acceptors (Lipinski definition) is 3. The smallest absolute Gasteiger partial charge is 0.408 e. The number of carboxylic acids is 1. The maximum atomic E-state index is 14.2. The van der Waals surface area contributed by atoms with Crippen LogP contribution in [0.1, 0.15) is 32.8 Å². The lowest BCUT2D eigenvalue weighted by atomic mass is 10.0. The number of carboxylic acid groups (broad SMARTS) is 1. The van der Waals surface area contributed by atoms with E-state index >= 15 is 0 Å². The molecule has 1 atom stereocenters. The molecule has 1 amide bonds. The van der Waals surface area contributed by atoms with E-state index < -0.39 is 36.0 Å². The molecule has 0 aliphatic heterocycles. The zero-order valence-electron chi connectivity index (χ0n) is 13.5. The largest absolute Gasteiger partial charge is 0.481 e. The highest BCUT2D eigenvalue weighted by molar-refractivity contribution is 5.70. The van der Waals surface area contributed by atoms with Gasteiger partial charge in [-0.2, -0.15) is 0 Å². The van der Waals surface area contributed by atoms with Gasteiger partial charge in [0.2, 0.25) is 0 Å². The van der Waals surface area contributed by atoms with E-state index in [0.717, 1.165) is 11.6 Å². The zero-order chi connectivity index (χ0) is 17.5. The van der Waals surface area contributed by atoms with Crippen molar-refractivity contribution >= 4 is 12.1 Å². The van der Waals surface area contributed by atoms with Crippen molar-refractivity contribution in [3.05, 3.63) is 47.8 Å². The summed E-state index contributed by atoms with van der Waals surface area (Å²) in [6, 6.07) is 8.06. The van der Waals surface area contributed by atoms with Crippen molar-refractivity contribution in [3.63, 3.8) is 0 Å². The first-order valence-electron chi connectivity index (χ1n) is 7.28. The number of amides is 1. The lowest BCUT2D eigenvalue weighted by molar-refractivity contribution is -0.136. The number of carbonyl (C=O) groups is 2. The van der Waals surface area contributed by atoms with Crippen LogP contribution in [0.15, 0.2) is 42.2 Å². The molecule has 0 saturated heterocycles. The Kier molecular flexibility index (Phi) is 6.75. The van der Waals surface area contributed by atoms with E-state index in [0.29, 0.717) is 0 Å². The molecule has 0 heterocycles. The van der Waals surface area contributed by atoms with Gasteiger partial charge in [-0.25, -0.2) is 9.18 Å². The van der Waals surface area contributed by atoms with Crippen LogP contribution >= 0.6 is 0 Å². The number of halogens is 1. The summed E-state index contributed by atoms with van der Waals surface area (Å²) in [4.78, 5) is 22.4. The van der Waals surface area contributed by atoms with E-state index in [-0.39, 0.29) is 6.42 Å². The normalized spacial score (nSPS) is 13.3. The van der Waals surface area contributed by atoms with Crippen LogP contribution in [0, 0.1) is 0 Å². The van der Waals surface area contributed by atoms with Crippen molar-refractivity contribution in [2.75, 3.05) is 0 Å². The fraction of sp³-hybridized carbons (Fsp3) is 0.412. The van der Waals surface area contributed by atoms with Crippen LogP contribution in [0.5, 0.6) is 0 Å². The quantitative estimate of drug-likeness (QED) is 0.841. The standard InChI is InChI=1S/C17H22FNO4/c1-17(2,3)23-16(22)19-14(13(18)9-10-15(20)21)11-12-7-5-4-6-8-12/h4-9,14H,10-11H2,1-3H3,(H,19,22)(H,20,21)/b13-9+/t14-/m1/s1. The highest BCUT2D eigenvalue weighted by Crippen LogP contribution is 2.14. The molecular formula is C17H22FNO4. The molecule has 0 spiro atoms. The van der Waals surface area contributed by atoms with Gasteiger partial charge in [-0.15, -0.1) is 0 Å². The number of alkyl carbamates (subject to hydrolysis) is 1. The van der Waals surface area contributed by atoms with Crippen LogP contribution in [0.2, 0.25) is 0 Å². The second kappa shape index (κ2) is 8.31. The van der Waals surface area contributed by atoms with Gasteiger partial charge in [0.15, 0.2) is 0 Å². The van der Waals surface area contributed by atoms with Gasteiger partial charge >= 0.3 is 12.1 Å². The molecule has 0 aliphatic rings. The van der Waals surface area contributed by atoms with Crippen molar-refractivity contribution in [3.8, 4) is 0 Å². The molecule has 23 heavy (non-hydrogen) atoms. The molecule has 126 valence electrons. The van der Waals surface area contributed by atoms with Gasteiger partial charge in [0, 0.05) is 0 Å². The Balaban J connectivity index is 2.85. The molecule has 0 aliphatic carbocycles. The van der Waals surface area contributed by atoms with Crippen molar-refractivity contribution in [2.45, 2.75) is 45.3 Å². The summed E-state index contributed by atoms with van der Waals surface area (Å²) in [7, 11) is 0. The molecule has 0 aromatic heterocycles. The second-order valence-corrected chi connectivity index (χ2v) is 6.08. The Morgan fingerprint density at radius 3 is 2.43 bits per heavy atom. The number of nitrogens with one attached hydrogen (secondary N) is 1. The summed E-state index contributed by atoms with van der Waals surface area (Å²) in [6.45, 7) is 5.11. The van der Waals surface area contributed by atoms with Gasteiger partial charge < -0.3 is 15.2 Å². The monoisotopic (exact) mass is 323 g/mol. The van der Waals surface area contributed by atoms with Crippen molar-refractivity contribution in [1.82, 2.24) is 5.32 Å². The van der Waals surface area contributed by atoms with Gasteiger partial charge in [0.25, 0.3) is 0 Å². The third-order valence-corrected chi connectivity index (χ3v) is 2.78. The fourth-order valence-electron chi connectivity index (χ4n) is 1.84. The topological polar surface area (TPSA) is 75.6 Å². The summed E-state index contributed by atoms with van der Waals surface area (Å²) in [5.41, 5.74) is 0.107. The van der Waals surface area contributed by atoms with Crippen molar-refractivity contribution in [1.29, 1.82) is 0 Å². The maximum Gasteiger partial charge on any atom is 0.408 e. The van der Waals surface area contributed by atoms with Crippen LogP contribution in [0.25, 0.3) is 0 Å². The SMILES string of the molecule is CC(C)(C)OC(=O)N[C@H](Cc1ccccc1)/C(F)=C\CC(=O)O. The summed E-state index contributed by atoms with van der Waals surface area (Å²) in [5, 5.41) is 11.1. The fourth-order valence-corrected chi connectivity index (χ4v) is 1.84. The highest BCUT2D eigenvalue weighted by atomic mass is 19.1. The molecular weight excluding hydrogens is 301 g/mol. The first-order chi connectivity index (χ1) is 10.7. The Morgan fingerprint density at radius 2 is 1.91 bits per heavy atom. The molecule has 6 heteroatoms. The van der Waals surface area contributed by atoms with Gasteiger partial charge in [-0.05, 0) is 38.8 Å². The van der Waals surface area contributed by atoms with Gasteiger partial charge in [-0.1, -0.05) is 30.3 Å². The van der Waals surface area contributed by atoms with Crippen LogP contribution < -0.4 is 5.32 Å². The Morgan fingerprint density at radius 1 is 1.30 bits per heavy atom. The third-order valence-electron chi connectivity index (χ3n) is 2.78. The summed E-state index contributed by atoms with van der Waals surface area (Å²) in [6.07, 6.45) is -0.0556. The van der Waals surface area contributed by atoms with E-state index in [2.05, 4.69) is 5.32 Å². The first kappa shape index (κ1) is 18.7. The third kappa shape index (κ3) is 7.99. The van der Waals surface area contributed by atoms with E-state index in [1.54, 1.807) is 45.0 Å². The van der Waals surface area contributed by atoms with Crippen LogP contribution in [0.4, 0.5) is 9.18 Å². The molecule has 0 bridgehead atoms. The average molecular weight is 323 g/mol. The number of hydrogen-bond donors (Lipinski definition) is 2. The zero-order valence-corrected chi connectivity index (χ0v) is 13.5. The van der Waals surface area contributed by atoms with E-state index in [4.69, 9.17) is 9.84 Å². The summed E-state index contributed by atoms with van der Waals surface area (Å²) in [5.74, 6) is -1.85. The molecule has 2 N–H and O–H groups in total. The second-order valence-electron chi connectivity index (χ2n) is 6.08. The van der Waals surface area contributed by atoms with E-state index in [9.17, 15) is 14.0 Å². The number of aliphatic carboxylic acids is 1. The molecule has 1 aromatic rings. The minimum atomic E-state index is -1.14. The molecule has 1 rings (SSSR count). The van der Waals surface area contributed by atoms with E-state index in [1.807, 2.05) is 6.07 Å². The molecule has 0 unspecified atom stereocenters. The number of benzene rings is 1. The molecule has 0 saturated carbocycles. The average Bonchev–Trinajstić information content (AvgIpc) is 2.43. The number of rotatable bonds is 6. The number of carbonyl (C=O) groups excluding carboxylic acids is 1. The van der Waals surface area contributed by atoms with Crippen LogP contribution in [-0.4, -0.2) is 28.8 Å². The van der Waals surface area contributed by atoms with E-state index in [1.165, 1.54) is 0 Å². The predicted octanol–water partition coefficient (Wildman–Crippen LogP) is 3.45. The van der Waals surface area contributed by atoms with Crippen LogP contribution in [-0.2, 0) is 16.0 Å². The molecule has 0 radical (unpaired) electrons. The summed E-state index contributed by atoms with van der Waals surface area (Å²) >= 11 is 0. The minimum Gasteiger partial charge on any atom is -0.481 e.